The predicted octanol–water partition coefficient (Wildman–Crippen LogP) is 3.14. The van der Waals surface area contributed by atoms with Gasteiger partial charge in [0.25, 0.3) is 0 Å². The van der Waals surface area contributed by atoms with Crippen LogP contribution in [0, 0.1) is 0 Å². The lowest BCUT2D eigenvalue weighted by Crippen LogP contribution is -2.28. The van der Waals surface area contributed by atoms with Gasteiger partial charge in [-0.3, -0.25) is 5.84 Å². The standard InChI is InChI=1S/C11H10Cl2N2O/c12-8-4-1-3-7(10(8)13)11(15-14)9-5-2-6-16-9/h1-6,11,15H,14H2. The molecule has 0 aliphatic rings. The van der Waals surface area contributed by atoms with E-state index in [2.05, 4.69) is 5.43 Å². The van der Waals surface area contributed by atoms with Crippen LogP contribution < -0.4 is 11.3 Å². The van der Waals surface area contributed by atoms with E-state index in [9.17, 15) is 0 Å². The molecule has 0 amide bonds. The quantitative estimate of drug-likeness (QED) is 0.656. The van der Waals surface area contributed by atoms with Crippen LogP contribution in [0.2, 0.25) is 10.0 Å². The molecule has 16 heavy (non-hydrogen) atoms. The van der Waals surface area contributed by atoms with E-state index in [4.69, 9.17) is 33.5 Å². The van der Waals surface area contributed by atoms with Gasteiger partial charge in [0.15, 0.2) is 0 Å². The maximum absolute atomic E-state index is 6.11. The predicted molar refractivity (Wildman–Crippen MR) is 64.3 cm³/mol. The summed E-state index contributed by atoms with van der Waals surface area (Å²) >= 11 is 12.1. The molecule has 1 aromatic heterocycles. The first kappa shape index (κ1) is 11.5. The normalized spacial score (nSPS) is 12.7. The van der Waals surface area contributed by atoms with Crippen molar-refractivity contribution in [3.8, 4) is 0 Å². The van der Waals surface area contributed by atoms with Crippen LogP contribution in [0.15, 0.2) is 41.0 Å². The monoisotopic (exact) mass is 256 g/mol. The third-order valence-electron chi connectivity index (χ3n) is 2.29. The van der Waals surface area contributed by atoms with Crippen molar-refractivity contribution in [1.82, 2.24) is 5.43 Å². The van der Waals surface area contributed by atoms with Crippen LogP contribution in [0.4, 0.5) is 0 Å². The fourth-order valence-electron chi connectivity index (χ4n) is 1.52. The summed E-state index contributed by atoms with van der Waals surface area (Å²) in [7, 11) is 0. The number of hydrazine groups is 1. The lowest BCUT2D eigenvalue weighted by atomic mass is 10.1. The first-order valence-corrected chi connectivity index (χ1v) is 5.43. The number of hydrogen-bond donors (Lipinski definition) is 2. The van der Waals surface area contributed by atoms with Crippen LogP contribution in [-0.4, -0.2) is 0 Å². The van der Waals surface area contributed by atoms with Gasteiger partial charge in [0, 0.05) is 0 Å². The van der Waals surface area contributed by atoms with Crippen LogP contribution in [0.25, 0.3) is 0 Å². The highest BCUT2D eigenvalue weighted by Gasteiger charge is 2.19. The van der Waals surface area contributed by atoms with Crippen LogP contribution in [0.5, 0.6) is 0 Å². The highest BCUT2D eigenvalue weighted by atomic mass is 35.5. The average molecular weight is 257 g/mol. The molecule has 5 heteroatoms. The van der Waals surface area contributed by atoms with Crippen LogP contribution in [0.3, 0.4) is 0 Å². The summed E-state index contributed by atoms with van der Waals surface area (Å²) < 4.78 is 5.29. The fourth-order valence-corrected chi connectivity index (χ4v) is 1.94. The van der Waals surface area contributed by atoms with Gasteiger partial charge in [-0.2, -0.15) is 0 Å². The largest absolute Gasteiger partial charge is 0.467 e. The van der Waals surface area contributed by atoms with E-state index in [1.165, 1.54) is 0 Å². The van der Waals surface area contributed by atoms with Crippen LogP contribution in [-0.2, 0) is 0 Å². The molecule has 0 saturated heterocycles. The molecule has 1 heterocycles. The Morgan fingerprint density at radius 1 is 1.19 bits per heavy atom. The highest BCUT2D eigenvalue weighted by Crippen LogP contribution is 2.32. The van der Waals surface area contributed by atoms with Crippen LogP contribution in [0.1, 0.15) is 17.4 Å². The van der Waals surface area contributed by atoms with E-state index in [-0.39, 0.29) is 6.04 Å². The Hall–Kier alpha value is -1.000. The molecule has 2 rings (SSSR count). The summed E-state index contributed by atoms with van der Waals surface area (Å²) in [5, 5.41) is 0.967. The number of benzene rings is 1. The molecule has 0 radical (unpaired) electrons. The minimum Gasteiger partial charge on any atom is -0.467 e. The Balaban J connectivity index is 2.45. The van der Waals surface area contributed by atoms with E-state index in [0.29, 0.717) is 15.8 Å². The minimum absolute atomic E-state index is 0.304. The summed E-state index contributed by atoms with van der Waals surface area (Å²) in [4.78, 5) is 0. The van der Waals surface area contributed by atoms with Crippen molar-refractivity contribution in [2.75, 3.05) is 0 Å². The van der Waals surface area contributed by atoms with Crippen LogP contribution >= 0.6 is 23.2 Å². The van der Waals surface area contributed by atoms with Gasteiger partial charge in [-0.15, -0.1) is 0 Å². The number of halogens is 2. The third kappa shape index (κ3) is 2.08. The number of nitrogens with one attached hydrogen (secondary N) is 1. The van der Waals surface area contributed by atoms with Gasteiger partial charge in [-0.25, -0.2) is 5.43 Å². The number of nitrogens with two attached hydrogens (primary N) is 1. The zero-order chi connectivity index (χ0) is 11.5. The topological polar surface area (TPSA) is 51.2 Å². The molecule has 1 atom stereocenters. The summed E-state index contributed by atoms with van der Waals surface area (Å²) in [6.45, 7) is 0. The summed E-state index contributed by atoms with van der Waals surface area (Å²) in [6.07, 6.45) is 1.58. The van der Waals surface area contributed by atoms with Crippen molar-refractivity contribution in [1.29, 1.82) is 0 Å². The second kappa shape index (κ2) is 4.89. The molecule has 84 valence electrons. The molecule has 0 fully saturated rings. The Morgan fingerprint density at radius 3 is 2.62 bits per heavy atom. The third-order valence-corrected chi connectivity index (χ3v) is 3.12. The molecule has 0 aliphatic carbocycles. The molecule has 0 spiro atoms. The molecule has 0 bridgehead atoms. The van der Waals surface area contributed by atoms with Crippen molar-refractivity contribution in [2.45, 2.75) is 6.04 Å². The fraction of sp³-hybridized carbons (Fsp3) is 0.0909. The molecule has 0 saturated carbocycles. The summed E-state index contributed by atoms with van der Waals surface area (Å²) in [5.41, 5.74) is 3.44. The lowest BCUT2D eigenvalue weighted by molar-refractivity contribution is 0.452. The highest BCUT2D eigenvalue weighted by molar-refractivity contribution is 6.42. The maximum Gasteiger partial charge on any atom is 0.126 e. The summed E-state index contributed by atoms with van der Waals surface area (Å²) in [5.74, 6) is 6.19. The second-order valence-electron chi connectivity index (χ2n) is 3.26. The van der Waals surface area contributed by atoms with Crippen molar-refractivity contribution < 1.29 is 4.42 Å². The van der Waals surface area contributed by atoms with Gasteiger partial charge in [0.1, 0.15) is 11.8 Å². The Kier molecular flexibility index (Phi) is 3.51. The van der Waals surface area contributed by atoms with Gasteiger partial charge in [-0.05, 0) is 23.8 Å². The Labute approximate surface area is 103 Å². The van der Waals surface area contributed by atoms with E-state index < -0.39 is 0 Å². The zero-order valence-corrected chi connectivity index (χ0v) is 9.79. The van der Waals surface area contributed by atoms with E-state index in [0.717, 1.165) is 5.56 Å². The van der Waals surface area contributed by atoms with E-state index >= 15 is 0 Å². The smallest absolute Gasteiger partial charge is 0.126 e. The van der Waals surface area contributed by atoms with Gasteiger partial charge in [0.05, 0.1) is 16.3 Å². The number of rotatable bonds is 3. The molecule has 3 N–H and O–H groups in total. The minimum atomic E-state index is -0.304. The first-order chi connectivity index (χ1) is 7.74. The molecule has 1 unspecified atom stereocenters. The number of furan rings is 1. The molecule has 3 nitrogen and oxygen atoms in total. The average Bonchev–Trinajstić information content (AvgIpc) is 2.79. The number of hydrogen-bond acceptors (Lipinski definition) is 3. The molecule has 0 aliphatic heterocycles. The van der Waals surface area contributed by atoms with Crippen molar-refractivity contribution >= 4 is 23.2 Å². The summed E-state index contributed by atoms with van der Waals surface area (Å²) in [6, 6.07) is 8.70. The Bertz CT molecular complexity index is 471. The molecule has 1 aromatic carbocycles. The Morgan fingerprint density at radius 2 is 2.00 bits per heavy atom. The van der Waals surface area contributed by atoms with Gasteiger partial charge in [-0.1, -0.05) is 35.3 Å². The molecular formula is C11H10Cl2N2O. The van der Waals surface area contributed by atoms with Crippen molar-refractivity contribution in [3.05, 3.63) is 58.0 Å². The first-order valence-electron chi connectivity index (χ1n) is 4.67. The van der Waals surface area contributed by atoms with Gasteiger partial charge < -0.3 is 4.42 Å². The second-order valence-corrected chi connectivity index (χ2v) is 4.04. The molecule has 2 aromatic rings. The zero-order valence-electron chi connectivity index (χ0n) is 8.28. The van der Waals surface area contributed by atoms with Gasteiger partial charge >= 0.3 is 0 Å². The maximum atomic E-state index is 6.11. The molecular weight excluding hydrogens is 247 g/mol. The van der Waals surface area contributed by atoms with Crippen molar-refractivity contribution in [2.24, 2.45) is 5.84 Å². The SMILES string of the molecule is NNC(c1ccco1)c1cccc(Cl)c1Cl. The van der Waals surface area contributed by atoms with Crippen molar-refractivity contribution in [3.63, 3.8) is 0 Å². The van der Waals surface area contributed by atoms with E-state index in [1.54, 1.807) is 18.4 Å². The van der Waals surface area contributed by atoms with E-state index in [1.807, 2.05) is 18.2 Å². The lowest BCUT2D eigenvalue weighted by Gasteiger charge is -2.15. The van der Waals surface area contributed by atoms with Gasteiger partial charge in [0.2, 0.25) is 0 Å².